The van der Waals surface area contributed by atoms with Gasteiger partial charge in [-0.25, -0.2) is 0 Å². The fourth-order valence-electron chi connectivity index (χ4n) is 7.10. The van der Waals surface area contributed by atoms with Gasteiger partial charge in [-0.3, -0.25) is 0 Å². The Balaban J connectivity index is 1.39. The van der Waals surface area contributed by atoms with Gasteiger partial charge in [0.05, 0.1) is 0 Å². The second kappa shape index (κ2) is 8.35. The zero-order chi connectivity index (χ0) is 18.7. The first-order valence-corrected chi connectivity index (χ1v) is 11.5. The van der Waals surface area contributed by atoms with Gasteiger partial charge >= 0.3 is 0 Å². The first-order chi connectivity index (χ1) is 13.2. The van der Waals surface area contributed by atoms with Gasteiger partial charge in [0.25, 0.3) is 0 Å². The molecule has 0 aromatic heterocycles. The minimum absolute atomic E-state index is 0.419. The molecule has 146 valence electrons. The molecule has 0 heterocycles. The van der Waals surface area contributed by atoms with Gasteiger partial charge in [0.1, 0.15) is 6.11 Å². The Bertz CT molecular complexity index is 668. The van der Waals surface area contributed by atoms with Crippen molar-refractivity contribution < 1.29 is 4.74 Å². The summed E-state index contributed by atoms with van der Waals surface area (Å²) in [4.78, 5) is 0. The lowest BCUT2D eigenvalue weighted by atomic mass is 9.50. The average molecular weight is 365 g/mol. The number of fused-ring (bicyclic) bond motifs is 5. The number of rotatable bonds is 2. The third-order valence-corrected chi connectivity index (χ3v) is 8.48. The molecule has 1 heteroatoms. The molecule has 0 aromatic rings. The first kappa shape index (κ1) is 19.0. The topological polar surface area (TPSA) is 9.23 Å². The number of allylic oxidation sites excluding steroid dienone is 2. The van der Waals surface area contributed by atoms with E-state index in [0.29, 0.717) is 17.9 Å². The molecule has 4 aliphatic rings. The lowest BCUT2D eigenvalue weighted by molar-refractivity contribution is -0.0453. The summed E-state index contributed by atoms with van der Waals surface area (Å²) < 4.78 is 5.50. The molecule has 0 amide bonds. The van der Waals surface area contributed by atoms with Gasteiger partial charge in [-0.2, -0.15) is 0 Å². The summed E-state index contributed by atoms with van der Waals surface area (Å²) in [6.07, 6.45) is 21.1. The summed E-state index contributed by atoms with van der Waals surface area (Å²) in [6.45, 7) is 5.16. The highest BCUT2D eigenvalue weighted by molar-refractivity contribution is 5.15. The first-order valence-electron chi connectivity index (χ1n) is 11.5. The number of hydrogen-bond acceptors (Lipinski definition) is 1. The van der Waals surface area contributed by atoms with Crippen LogP contribution in [0, 0.1) is 64.8 Å². The van der Waals surface area contributed by atoms with Crippen LogP contribution in [-0.2, 0) is 4.74 Å². The van der Waals surface area contributed by atoms with Gasteiger partial charge in [-0.15, -0.1) is 0 Å². The average Bonchev–Trinajstić information content (AvgIpc) is 3.03. The summed E-state index contributed by atoms with van der Waals surface area (Å²) in [5.41, 5.74) is 0.419. The van der Waals surface area contributed by atoms with Crippen LogP contribution in [0.15, 0.2) is 12.2 Å². The standard InChI is InChI=1S/C26H36O/c1-3-4-5-8-18-27-19-16-21-12-14-25-24-13-11-20-9-6-7-10-22(20)23(24)15-17-26(21,25)2/h6-7,20-25H,3-4,9-15,17-18H2,1-2H3/t20?,21-,22-,23+,24+,25-,26+/m0/s1. The number of hydrogen-bond donors (Lipinski definition) is 0. The van der Waals surface area contributed by atoms with E-state index < -0.39 is 0 Å². The molecule has 0 bridgehead atoms. The van der Waals surface area contributed by atoms with Crippen LogP contribution in [0.25, 0.3) is 0 Å². The maximum Gasteiger partial charge on any atom is 0.160 e. The highest BCUT2D eigenvalue weighted by Gasteiger charge is 2.56. The van der Waals surface area contributed by atoms with Crippen molar-refractivity contribution in [1.82, 2.24) is 0 Å². The molecule has 0 N–H and O–H groups in total. The second-order valence-electron chi connectivity index (χ2n) is 9.69. The van der Waals surface area contributed by atoms with Crippen LogP contribution >= 0.6 is 0 Å². The third-order valence-electron chi connectivity index (χ3n) is 8.48. The van der Waals surface area contributed by atoms with E-state index in [-0.39, 0.29) is 0 Å². The van der Waals surface area contributed by atoms with Crippen molar-refractivity contribution in [2.45, 2.75) is 78.1 Å². The van der Waals surface area contributed by atoms with Crippen molar-refractivity contribution in [3.05, 3.63) is 12.2 Å². The van der Waals surface area contributed by atoms with Crippen LogP contribution in [0.4, 0.5) is 0 Å². The minimum Gasteiger partial charge on any atom is -0.433 e. The predicted octanol–water partition coefficient (Wildman–Crippen LogP) is 6.20. The maximum atomic E-state index is 5.50. The Hall–Kier alpha value is -1.34. The summed E-state index contributed by atoms with van der Waals surface area (Å²) >= 11 is 0. The monoisotopic (exact) mass is 364 g/mol. The molecule has 1 unspecified atom stereocenters. The molecular formula is C26H36O. The van der Waals surface area contributed by atoms with Crippen LogP contribution in [0.1, 0.15) is 78.1 Å². The quantitative estimate of drug-likeness (QED) is 0.322. The Labute approximate surface area is 166 Å². The van der Waals surface area contributed by atoms with Gasteiger partial charge in [0, 0.05) is 12.3 Å². The minimum atomic E-state index is 0.419. The van der Waals surface area contributed by atoms with Gasteiger partial charge in [0.15, 0.2) is 6.61 Å². The molecule has 7 atom stereocenters. The third kappa shape index (κ3) is 3.68. The molecule has 0 aromatic carbocycles. The summed E-state index contributed by atoms with van der Waals surface area (Å²) in [5.74, 6) is 15.0. The summed E-state index contributed by atoms with van der Waals surface area (Å²) in [5, 5.41) is 0. The van der Waals surface area contributed by atoms with E-state index >= 15 is 0 Å². The zero-order valence-electron chi connectivity index (χ0n) is 17.3. The SMILES string of the molecule is CCCC#CCOC#C[C@@H]1CC[C@H]2[C@@H]3CCC4CC=CC[C@@H]4[C@H]3CC[C@]12C. The number of ether oxygens (including phenoxy) is 1. The van der Waals surface area contributed by atoms with Crippen molar-refractivity contribution in [2.75, 3.05) is 6.61 Å². The molecule has 0 saturated heterocycles. The molecule has 0 radical (unpaired) electrons. The van der Waals surface area contributed by atoms with Crippen molar-refractivity contribution in [3.63, 3.8) is 0 Å². The van der Waals surface area contributed by atoms with Crippen molar-refractivity contribution in [3.8, 4) is 23.9 Å². The zero-order valence-corrected chi connectivity index (χ0v) is 17.3. The molecule has 3 saturated carbocycles. The molecule has 4 aliphatic carbocycles. The van der Waals surface area contributed by atoms with E-state index in [9.17, 15) is 0 Å². The van der Waals surface area contributed by atoms with Gasteiger partial charge in [0.2, 0.25) is 0 Å². The molecule has 4 rings (SSSR count). The molecule has 1 nitrogen and oxygen atoms in total. The van der Waals surface area contributed by atoms with E-state index in [0.717, 1.165) is 42.4 Å². The Kier molecular flexibility index (Phi) is 5.88. The van der Waals surface area contributed by atoms with Crippen molar-refractivity contribution in [1.29, 1.82) is 0 Å². The normalized spacial score (nSPS) is 41.9. The fourth-order valence-corrected chi connectivity index (χ4v) is 7.10. The maximum absolute atomic E-state index is 5.50. The predicted molar refractivity (Wildman–Crippen MR) is 112 cm³/mol. The Morgan fingerprint density at radius 2 is 1.85 bits per heavy atom. The Morgan fingerprint density at radius 3 is 2.74 bits per heavy atom. The number of unbranched alkanes of at least 4 members (excludes halogenated alkanes) is 1. The van der Waals surface area contributed by atoms with Crippen LogP contribution in [0.3, 0.4) is 0 Å². The van der Waals surface area contributed by atoms with Gasteiger partial charge < -0.3 is 4.74 Å². The fraction of sp³-hybridized carbons (Fsp3) is 0.769. The van der Waals surface area contributed by atoms with Crippen LogP contribution in [-0.4, -0.2) is 6.61 Å². The molecule has 27 heavy (non-hydrogen) atoms. The lowest BCUT2D eigenvalue weighted by Gasteiger charge is -2.54. The second-order valence-corrected chi connectivity index (χ2v) is 9.69. The van der Waals surface area contributed by atoms with Gasteiger partial charge in [-0.05, 0) is 92.8 Å². The van der Waals surface area contributed by atoms with Crippen molar-refractivity contribution in [2.24, 2.45) is 40.9 Å². The van der Waals surface area contributed by atoms with E-state index in [1.54, 1.807) is 0 Å². The van der Waals surface area contributed by atoms with E-state index in [2.05, 4.69) is 49.9 Å². The van der Waals surface area contributed by atoms with Crippen molar-refractivity contribution >= 4 is 0 Å². The summed E-state index contributed by atoms with van der Waals surface area (Å²) in [7, 11) is 0. The van der Waals surface area contributed by atoms with E-state index in [1.165, 1.54) is 51.4 Å². The largest absolute Gasteiger partial charge is 0.433 e. The molecule has 3 fully saturated rings. The highest BCUT2D eigenvalue weighted by atomic mass is 16.5. The van der Waals surface area contributed by atoms with E-state index in [1.807, 2.05) is 0 Å². The van der Waals surface area contributed by atoms with Crippen LogP contribution in [0.2, 0.25) is 0 Å². The summed E-state index contributed by atoms with van der Waals surface area (Å²) in [6, 6.07) is 0. The highest BCUT2D eigenvalue weighted by Crippen LogP contribution is 2.63. The Morgan fingerprint density at radius 1 is 0.963 bits per heavy atom. The molecule has 0 spiro atoms. The molecular weight excluding hydrogens is 328 g/mol. The lowest BCUT2D eigenvalue weighted by Crippen LogP contribution is -2.47. The smallest absolute Gasteiger partial charge is 0.160 e. The van der Waals surface area contributed by atoms with E-state index in [4.69, 9.17) is 4.74 Å². The van der Waals surface area contributed by atoms with Gasteiger partial charge in [-0.1, -0.05) is 43.8 Å². The molecule has 0 aliphatic heterocycles. The van der Waals surface area contributed by atoms with Crippen LogP contribution in [0.5, 0.6) is 0 Å². The van der Waals surface area contributed by atoms with Crippen LogP contribution < -0.4 is 0 Å².